The Hall–Kier alpha value is -1.44. The molecule has 0 radical (unpaired) electrons. The number of hydrogen-bond donors (Lipinski definition) is 3. The topological polar surface area (TPSA) is 87.3 Å². The number of hydrogen-bond acceptors (Lipinski definition) is 4. The summed E-state index contributed by atoms with van der Waals surface area (Å²) in [4.78, 5) is 12.1. The molecule has 0 spiro atoms. The smallest absolute Gasteiger partial charge is 0.251 e. The summed E-state index contributed by atoms with van der Waals surface area (Å²) in [6, 6.07) is 6.01. The van der Waals surface area contributed by atoms with E-state index >= 15 is 0 Å². The molecule has 0 unspecified atom stereocenters. The van der Waals surface area contributed by atoms with Gasteiger partial charge in [-0.1, -0.05) is 19.9 Å². The quantitative estimate of drug-likeness (QED) is 0.586. The number of nitrogens with one attached hydrogen (secondary N) is 3. The van der Waals surface area contributed by atoms with Crippen molar-refractivity contribution in [2.45, 2.75) is 25.2 Å². The van der Waals surface area contributed by atoms with Crippen LogP contribution in [0.4, 0.5) is 0 Å². The van der Waals surface area contributed by atoms with E-state index in [0.717, 1.165) is 13.0 Å². The number of rotatable bonds is 9. The Morgan fingerprint density at radius 1 is 1.14 bits per heavy atom. The van der Waals surface area contributed by atoms with Crippen LogP contribution in [0.5, 0.6) is 0 Å². The van der Waals surface area contributed by atoms with Crippen LogP contribution in [0.25, 0.3) is 0 Å². The molecule has 0 saturated carbocycles. The average molecular weight is 313 g/mol. The van der Waals surface area contributed by atoms with Crippen molar-refractivity contribution >= 4 is 15.9 Å². The number of carbonyl (C=O) groups is 1. The minimum Gasteiger partial charge on any atom is -0.351 e. The summed E-state index contributed by atoms with van der Waals surface area (Å²) in [5.74, 6) is -0.276. The minimum absolute atomic E-state index is 0.0982. The summed E-state index contributed by atoms with van der Waals surface area (Å²) in [5, 5.41) is 5.93. The lowest BCUT2D eigenvalue weighted by molar-refractivity contribution is 0.0953. The van der Waals surface area contributed by atoms with Gasteiger partial charge in [0.15, 0.2) is 0 Å². The van der Waals surface area contributed by atoms with Crippen molar-refractivity contribution in [1.82, 2.24) is 15.4 Å². The third-order valence-electron chi connectivity index (χ3n) is 2.75. The van der Waals surface area contributed by atoms with Crippen molar-refractivity contribution in [2.75, 3.05) is 26.2 Å². The van der Waals surface area contributed by atoms with Gasteiger partial charge in [0, 0.05) is 25.2 Å². The van der Waals surface area contributed by atoms with E-state index in [1.165, 1.54) is 12.1 Å². The second kappa shape index (κ2) is 8.76. The van der Waals surface area contributed by atoms with Gasteiger partial charge in [-0.2, -0.15) is 0 Å². The van der Waals surface area contributed by atoms with E-state index in [-0.39, 0.29) is 10.8 Å². The van der Waals surface area contributed by atoms with E-state index in [0.29, 0.717) is 25.2 Å². The number of sulfonamides is 1. The van der Waals surface area contributed by atoms with Crippen molar-refractivity contribution in [3.63, 3.8) is 0 Å². The fourth-order valence-corrected chi connectivity index (χ4v) is 2.83. The zero-order chi connectivity index (χ0) is 15.7. The summed E-state index contributed by atoms with van der Waals surface area (Å²) in [5.41, 5.74) is 0.337. The van der Waals surface area contributed by atoms with Crippen LogP contribution in [0.2, 0.25) is 0 Å². The van der Waals surface area contributed by atoms with Gasteiger partial charge in [0.2, 0.25) is 10.0 Å². The second-order valence-electron chi connectivity index (χ2n) is 4.54. The Kier molecular flexibility index (Phi) is 7.35. The molecule has 6 nitrogen and oxygen atoms in total. The first-order valence-electron chi connectivity index (χ1n) is 7.10. The third-order valence-corrected chi connectivity index (χ3v) is 4.30. The van der Waals surface area contributed by atoms with E-state index in [1.54, 1.807) is 19.1 Å². The maximum atomic E-state index is 12.0. The highest BCUT2D eigenvalue weighted by Crippen LogP contribution is 2.11. The van der Waals surface area contributed by atoms with Crippen LogP contribution in [-0.4, -0.2) is 40.5 Å². The molecule has 7 heteroatoms. The highest BCUT2D eigenvalue weighted by atomic mass is 32.2. The van der Waals surface area contributed by atoms with E-state index in [2.05, 4.69) is 22.3 Å². The Morgan fingerprint density at radius 3 is 2.57 bits per heavy atom. The van der Waals surface area contributed by atoms with Gasteiger partial charge in [0.1, 0.15) is 0 Å². The highest BCUT2D eigenvalue weighted by Gasteiger charge is 2.14. The number of amides is 1. The fraction of sp³-hybridized carbons (Fsp3) is 0.500. The molecule has 1 rings (SSSR count). The molecule has 0 heterocycles. The van der Waals surface area contributed by atoms with Crippen molar-refractivity contribution < 1.29 is 13.2 Å². The minimum atomic E-state index is -3.54. The van der Waals surface area contributed by atoms with Crippen LogP contribution in [0.3, 0.4) is 0 Å². The zero-order valence-electron chi connectivity index (χ0n) is 12.5. The number of benzene rings is 1. The molecular weight excluding hydrogens is 290 g/mol. The van der Waals surface area contributed by atoms with Gasteiger partial charge in [0.05, 0.1) is 4.90 Å². The lowest BCUT2D eigenvalue weighted by Crippen LogP contribution is -2.32. The van der Waals surface area contributed by atoms with Gasteiger partial charge in [-0.3, -0.25) is 4.79 Å². The highest BCUT2D eigenvalue weighted by molar-refractivity contribution is 7.89. The van der Waals surface area contributed by atoms with Crippen LogP contribution in [0.15, 0.2) is 29.2 Å². The summed E-state index contributed by atoms with van der Waals surface area (Å²) < 4.78 is 26.2. The van der Waals surface area contributed by atoms with Crippen molar-refractivity contribution in [3.8, 4) is 0 Å². The Morgan fingerprint density at radius 2 is 1.90 bits per heavy atom. The average Bonchev–Trinajstić information content (AvgIpc) is 2.47. The first-order valence-corrected chi connectivity index (χ1v) is 8.58. The third kappa shape index (κ3) is 5.82. The van der Waals surface area contributed by atoms with E-state index in [4.69, 9.17) is 0 Å². The van der Waals surface area contributed by atoms with Crippen LogP contribution >= 0.6 is 0 Å². The van der Waals surface area contributed by atoms with Gasteiger partial charge < -0.3 is 10.6 Å². The van der Waals surface area contributed by atoms with Crippen molar-refractivity contribution in [2.24, 2.45) is 0 Å². The Balaban J connectivity index is 2.65. The lowest BCUT2D eigenvalue weighted by atomic mass is 10.2. The summed E-state index contributed by atoms with van der Waals surface area (Å²) in [7, 11) is -3.54. The zero-order valence-corrected chi connectivity index (χ0v) is 13.3. The van der Waals surface area contributed by atoms with Gasteiger partial charge >= 0.3 is 0 Å². The van der Waals surface area contributed by atoms with Crippen molar-refractivity contribution in [1.29, 1.82) is 0 Å². The Labute approximate surface area is 126 Å². The molecule has 21 heavy (non-hydrogen) atoms. The van der Waals surface area contributed by atoms with E-state index in [1.807, 2.05) is 0 Å². The van der Waals surface area contributed by atoms with Gasteiger partial charge in [-0.05, 0) is 31.2 Å². The predicted octanol–water partition coefficient (Wildman–Crippen LogP) is 0.714. The SMILES string of the molecule is CCCNCCNC(=O)c1cccc(S(=O)(=O)NCC)c1. The van der Waals surface area contributed by atoms with Crippen LogP contribution in [0, 0.1) is 0 Å². The van der Waals surface area contributed by atoms with Crippen LogP contribution in [0.1, 0.15) is 30.6 Å². The monoisotopic (exact) mass is 313 g/mol. The molecule has 1 amide bonds. The van der Waals surface area contributed by atoms with Crippen LogP contribution in [-0.2, 0) is 10.0 Å². The normalized spacial score (nSPS) is 11.3. The first-order chi connectivity index (χ1) is 10.0. The van der Waals surface area contributed by atoms with E-state index < -0.39 is 10.0 Å². The molecule has 0 aliphatic rings. The van der Waals surface area contributed by atoms with Gasteiger partial charge in [-0.25, -0.2) is 13.1 Å². The first kappa shape index (κ1) is 17.6. The van der Waals surface area contributed by atoms with Crippen molar-refractivity contribution in [3.05, 3.63) is 29.8 Å². The summed E-state index contributed by atoms with van der Waals surface area (Å²) in [6.45, 7) is 6.19. The maximum absolute atomic E-state index is 12.0. The standard InChI is InChI=1S/C14H23N3O3S/c1-3-8-15-9-10-16-14(18)12-6-5-7-13(11-12)21(19,20)17-4-2/h5-7,11,15,17H,3-4,8-10H2,1-2H3,(H,16,18). The summed E-state index contributed by atoms with van der Waals surface area (Å²) in [6.07, 6.45) is 1.04. The molecule has 1 aromatic carbocycles. The molecule has 3 N–H and O–H groups in total. The maximum Gasteiger partial charge on any atom is 0.251 e. The summed E-state index contributed by atoms with van der Waals surface area (Å²) >= 11 is 0. The molecule has 1 aromatic rings. The molecule has 0 aromatic heterocycles. The molecule has 0 saturated heterocycles. The fourth-order valence-electron chi connectivity index (χ4n) is 1.75. The number of carbonyl (C=O) groups excluding carboxylic acids is 1. The molecule has 0 aliphatic heterocycles. The van der Waals surface area contributed by atoms with Gasteiger partial charge in [0.25, 0.3) is 5.91 Å². The molecule has 0 bridgehead atoms. The Bertz CT molecular complexity index is 558. The predicted molar refractivity (Wildman–Crippen MR) is 82.8 cm³/mol. The molecular formula is C14H23N3O3S. The molecule has 0 atom stereocenters. The molecule has 118 valence electrons. The molecule has 0 aliphatic carbocycles. The van der Waals surface area contributed by atoms with E-state index in [9.17, 15) is 13.2 Å². The van der Waals surface area contributed by atoms with Crippen LogP contribution < -0.4 is 15.4 Å². The second-order valence-corrected chi connectivity index (χ2v) is 6.30. The largest absolute Gasteiger partial charge is 0.351 e. The lowest BCUT2D eigenvalue weighted by Gasteiger charge is -2.08. The van der Waals surface area contributed by atoms with Gasteiger partial charge in [-0.15, -0.1) is 0 Å². The molecule has 0 fully saturated rings.